The Bertz CT molecular complexity index is 351. The summed E-state index contributed by atoms with van der Waals surface area (Å²) in [7, 11) is 0. The predicted octanol–water partition coefficient (Wildman–Crippen LogP) is 3.66. The van der Waals surface area contributed by atoms with Gasteiger partial charge in [0.15, 0.2) is 21.9 Å². The van der Waals surface area contributed by atoms with Crippen LogP contribution in [0.1, 0.15) is 32.7 Å². The highest BCUT2D eigenvalue weighted by molar-refractivity contribution is 6.33. The molecule has 3 nitrogen and oxygen atoms in total. The number of nitrogens with zero attached hydrogens (tertiary/aromatic N) is 2. The predicted molar refractivity (Wildman–Crippen MR) is 61.2 cm³/mol. The average molecular weight is 267 g/mol. The highest BCUT2D eigenvalue weighted by atomic mass is 35.5. The van der Waals surface area contributed by atoms with Gasteiger partial charge in [-0.05, 0) is 12.8 Å². The summed E-state index contributed by atoms with van der Waals surface area (Å²) in [6.45, 7) is 6.28. The van der Waals surface area contributed by atoms with E-state index in [0.717, 1.165) is 0 Å². The number of aromatic nitrogens is 2. The normalized spacial score (nSPS) is 13.2. The van der Waals surface area contributed by atoms with Crippen LogP contribution in [0.4, 0.5) is 4.39 Å². The summed E-state index contributed by atoms with van der Waals surface area (Å²) in [4.78, 5) is 7.69. The Kier molecular flexibility index (Phi) is 4.89. The summed E-state index contributed by atoms with van der Waals surface area (Å²) in [5.74, 6) is -0.336. The van der Waals surface area contributed by atoms with Crippen molar-refractivity contribution in [3.63, 3.8) is 0 Å². The lowest BCUT2D eigenvalue weighted by Gasteiger charge is -2.19. The largest absolute Gasteiger partial charge is 0.370 e. The second-order valence-corrected chi connectivity index (χ2v) is 4.31. The summed E-state index contributed by atoms with van der Waals surface area (Å²) in [5.41, 5.74) is 0. The lowest BCUT2D eigenvalue weighted by Crippen LogP contribution is -2.15. The lowest BCUT2D eigenvalue weighted by molar-refractivity contribution is 0.0231. The van der Waals surface area contributed by atoms with Gasteiger partial charge >= 0.3 is 0 Å². The van der Waals surface area contributed by atoms with E-state index < -0.39 is 5.82 Å². The van der Waals surface area contributed by atoms with Gasteiger partial charge in [-0.2, -0.15) is 0 Å². The molecule has 0 fully saturated rings. The third-order valence-electron chi connectivity index (χ3n) is 1.99. The number of halogens is 3. The minimum atomic E-state index is -0.800. The molecule has 1 heterocycles. The van der Waals surface area contributed by atoms with E-state index in [0.29, 0.717) is 12.4 Å². The smallest absolute Gasteiger partial charge is 0.197 e. The van der Waals surface area contributed by atoms with E-state index in [-0.39, 0.29) is 22.3 Å². The van der Waals surface area contributed by atoms with Crippen LogP contribution in [0.2, 0.25) is 10.3 Å². The SMILES string of the molecule is CCOC(c1nc(Cl)c(F)c(Cl)n1)C(C)C. The maximum atomic E-state index is 13.1. The van der Waals surface area contributed by atoms with E-state index >= 15 is 0 Å². The molecule has 16 heavy (non-hydrogen) atoms. The van der Waals surface area contributed by atoms with Crippen LogP contribution < -0.4 is 0 Å². The first-order valence-electron chi connectivity index (χ1n) is 4.97. The summed E-state index contributed by atoms with van der Waals surface area (Å²) in [6.07, 6.45) is -0.333. The number of rotatable bonds is 4. The summed E-state index contributed by atoms with van der Waals surface area (Å²) in [5, 5.41) is -0.555. The first-order chi connectivity index (χ1) is 7.47. The van der Waals surface area contributed by atoms with Gasteiger partial charge in [0.25, 0.3) is 0 Å². The second kappa shape index (κ2) is 5.75. The molecule has 90 valence electrons. The minimum absolute atomic E-state index is 0.151. The van der Waals surface area contributed by atoms with Crippen LogP contribution in [0.3, 0.4) is 0 Å². The zero-order valence-corrected chi connectivity index (χ0v) is 10.8. The Labute approximate surface area is 104 Å². The Morgan fingerprint density at radius 2 is 1.75 bits per heavy atom. The molecule has 1 atom stereocenters. The average Bonchev–Trinajstić information content (AvgIpc) is 2.21. The van der Waals surface area contributed by atoms with E-state index in [1.165, 1.54) is 0 Å². The Morgan fingerprint density at radius 1 is 1.25 bits per heavy atom. The molecule has 1 aromatic heterocycles. The molecule has 0 spiro atoms. The van der Waals surface area contributed by atoms with E-state index in [1.54, 1.807) is 0 Å². The van der Waals surface area contributed by atoms with Crippen LogP contribution in [0.25, 0.3) is 0 Å². The Morgan fingerprint density at radius 3 is 2.12 bits per heavy atom. The van der Waals surface area contributed by atoms with Crippen molar-refractivity contribution in [3.8, 4) is 0 Å². The van der Waals surface area contributed by atoms with Crippen molar-refractivity contribution in [1.82, 2.24) is 9.97 Å². The fourth-order valence-electron chi connectivity index (χ4n) is 1.28. The van der Waals surface area contributed by atoms with Gasteiger partial charge in [0, 0.05) is 6.61 Å². The second-order valence-electron chi connectivity index (χ2n) is 3.60. The molecule has 0 aliphatic rings. The van der Waals surface area contributed by atoms with Crippen LogP contribution in [-0.2, 0) is 4.74 Å². The van der Waals surface area contributed by atoms with Gasteiger partial charge in [0.2, 0.25) is 0 Å². The van der Waals surface area contributed by atoms with Gasteiger partial charge in [-0.1, -0.05) is 37.0 Å². The van der Waals surface area contributed by atoms with E-state index in [1.807, 2.05) is 20.8 Å². The van der Waals surface area contributed by atoms with Crippen LogP contribution in [-0.4, -0.2) is 16.6 Å². The Hall–Kier alpha value is -0.450. The molecule has 1 aromatic rings. The van der Waals surface area contributed by atoms with Crippen molar-refractivity contribution in [1.29, 1.82) is 0 Å². The summed E-state index contributed by atoms with van der Waals surface area (Å²) >= 11 is 11.2. The molecule has 0 N–H and O–H groups in total. The van der Waals surface area contributed by atoms with Gasteiger partial charge in [0.1, 0.15) is 6.10 Å². The highest BCUT2D eigenvalue weighted by Crippen LogP contribution is 2.27. The van der Waals surface area contributed by atoms with Crippen molar-refractivity contribution < 1.29 is 9.13 Å². The summed E-state index contributed by atoms with van der Waals surface area (Å²) < 4.78 is 18.6. The Balaban J connectivity index is 3.10. The molecular weight excluding hydrogens is 254 g/mol. The standard InChI is InChI=1S/C10H13Cl2FN2O/c1-4-16-7(5(2)3)10-14-8(11)6(13)9(12)15-10/h5,7H,4H2,1-3H3. The van der Waals surface area contributed by atoms with Gasteiger partial charge < -0.3 is 4.74 Å². The first kappa shape index (κ1) is 13.6. The first-order valence-corrected chi connectivity index (χ1v) is 5.73. The molecule has 0 saturated carbocycles. The molecule has 0 amide bonds. The quantitative estimate of drug-likeness (QED) is 0.781. The van der Waals surface area contributed by atoms with Crippen molar-refractivity contribution in [2.24, 2.45) is 5.92 Å². The fourth-order valence-corrected chi connectivity index (χ4v) is 1.68. The maximum absolute atomic E-state index is 13.1. The molecule has 0 aromatic carbocycles. The van der Waals surface area contributed by atoms with Gasteiger partial charge in [-0.25, -0.2) is 14.4 Å². The van der Waals surface area contributed by atoms with Crippen LogP contribution in [0.5, 0.6) is 0 Å². The zero-order valence-electron chi connectivity index (χ0n) is 9.30. The third kappa shape index (κ3) is 3.03. The van der Waals surface area contributed by atoms with Gasteiger partial charge in [0.05, 0.1) is 0 Å². The molecular formula is C10H13Cl2FN2O. The molecule has 0 aliphatic heterocycles. The van der Waals surface area contributed by atoms with E-state index in [4.69, 9.17) is 27.9 Å². The van der Waals surface area contributed by atoms with E-state index in [2.05, 4.69) is 9.97 Å². The van der Waals surface area contributed by atoms with E-state index in [9.17, 15) is 4.39 Å². The monoisotopic (exact) mass is 266 g/mol. The van der Waals surface area contributed by atoms with Crippen molar-refractivity contribution in [3.05, 3.63) is 21.9 Å². The molecule has 0 bridgehead atoms. The topological polar surface area (TPSA) is 35.0 Å². The number of hydrogen-bond acceptors (Lipinski definition) is 3. The molecule has 0 saturated heterocycles. The molecule has 1 rings (SSSR count). The van der Waals surface area contributed by atoms with Crippen molar-refractivity contribution in [2.45, 2.75) is 26.9 Å². The van der Waals surface area contributed by atoms with Crippen molar-refractivity contribution >= 4 is 23.2 Å². The minimum Gasteiger partial charge on any atom is -0.370 e. The number of hydrogen-bond donors (Lipinski definition) is 0. The molecule has 1 unspecified atom stereocenters. The molecule has 0 aliphatic carbocycles. The fraction of sp³-hybridized carbons (Fsp3) is 0.600. The third-order valence-corrected chi connectivity index (χ3v) is 2.49. The van der Waals surface area contributed by atoms with Crippen LogP contribution in [0, 0.1) is 11.7 Å². The maximum Gasteiger partial charge on any atom is 0.197 e. The molecule has 0 radical (unpaired) electrons. The van der Waals surface area contributed by atoms with Gasteiger partial charge in [-0.3, -0.25) is 0 Å². The summed E-state index contributed by atoms with van der Waals surface area (Å²) in [6, 6.07) is 0. The van der Waals surface area contributed by atoms with Gasteiger partial charge in [-0.15, -0.1) is 0 Å². The van der Waals surface area contributed by atoms with Crippen LogP contribution in [0.15, 0.2) is 0 Å². The lowest BCUT2D eigenvalue weighted by atomic mass is 10.1. The van der Waals surface area contributed by atoms with Crippen molar-refractivity contribution in [2.75, 3.05) is 6.61 Å². The molecule has 6 heteroatoms. The van der Waals surface area contributed by atoms with Crippen LogP contribution >= 0.6 is 23.2 Å². The zero-order chi connectivity index (χ0) is 12.3. The number of ether oxygens (including phenoxy) is 1. The highest BCUT2D eigenvalue weighted by Gasteiger charge is 2.22.